The Morgan fingerprint density at radius 1 is 1.24 bits per heavy atom. The second-order valence-corrected chi connectivity index (χ2v) is 6.60. The van der Waals surface area contributed by atoms with Crippen LogP contribution in [-0.4, -0.2) is 61.2 Å². The standard InChI is InChI=1S/C18H29N5O6/c1-5-27-14(28-6-2)7-13(9-29-12(4)25)8-23-10-19-15-16(23)21-18(20-11(3)24)22-17(15)26/h13-14,19H,5-10H2,1-4H3,(H2,20,21,22,24,26). The van der Waals surface area contributed by atoms with E-state index in [1.54, 1.807) is 0 Å². The van der Waals surface area contributed by atoms with Gasteiger partial charge in [-0.1, -0.05) is 0 Å². The molecular weight excluding hydrogens is 382 g/mol. The van der Waals surface area contributed by atoms with E-state index in [1.807, 2.05) is 18.7 Å². The Morgan fingerprint density at radius 2 is 1.93 bits per heavy atom. The summed E-state index contributed by atoms with van der Waals surface area (Å²) < 4.78 is 16.5. The molecule has 1 unspecified atom stereocenters. The minimum absolute atomic E-state index is 0.0768. The first-order valence-corrected chi connectivity index (χ1v) is 9.61. The number of hydrogen-bond acceptors (Lipinski definition) is 9. The van der Waals surface area contributed by atoms with E-state index < -0.39 is 6.29 Å². The molecule has 2 rings (SSSR count). The van der Waals surface area contributed by atoms with Gasteiger partial charge in [-0.15, -0.1) is 0 Å². The van der Waals surface area contributed by atoms with Gasteiger partial charge in [0.05, 0.1) is 13.3 Å². The monoisotopic (exact) mass is 411 g/mol. The molecule has 0 saturated heterocycles. The molecule has 29 heavy (non-hydrogen) atoms. The van der Waals surface area contributed by atoms with E-state index in [4.69, 9.17) is 14.2 Å². The van der Waals surface area contributed by atoms with E-state index in [1.165, 1.54) is 13.8 Å². The molecule has 1 amide bonds. The second-order valence-electron chi connectivity index (χ2n) is 6.60. The van der Waals surface area contributed by atoms with Crippen LogP contribution in [0.3, 0.4) is 0 Å². The molecule has 0 bridgehead atoms. The zero-order chi connectivity index (χ0) is 21.4. The van der Waals surface area contributed by atoms with Gasteiger partial charge in [0.25, 0.3) is 5.56 Å². The number of amides is 1. The normalized spacial score (nSPS) is 13.8. The molecule has 1 aromatic rings. The van der Waals surface area contributed by atoms with E-state index in [9.17, 15) is 14.4 Å². The van der Waals surface area contributed by atoms with Crippen molar-refractivity contribution in [3.05, 3.63) is 10.4 Å². The fraction of sp³-hybridized carbons (Fsp3) is 0.667. The Morgan fingerprint density at radius 3 is 2.52 bits per heavy atom. The lowest BCUT2D eigenvalue weighted by Crippen LogP contribution is -2.35. The van der Waals surface area contributed by atoms with Crippen molar-refractivity contribution < 1.29 is 23.8 Å². The molecule has 0 spiro atoms. The number of carbonyl (C=O) groups is 2. The molecule has 1 atom stereocenters. The number of nitrogens with zero attached hydrogens (tertiary/aromatic N) is 2. The predicted molar refractivity (Wildman–Crippen MR) is 107 cm³/mol. The topological polar surface area (TPSA) is 135 Å². The van der Waals surface area contributed by atoms with Gasteiger partial charge in [0, 0.05) is 45.9 Å². The molecule has 0 fully saturated rings. The van der Waals surface area contributed by atoms with Crippen LogP contribution in [0.15, 0.2) is 4.79 Å². The molecule has 0 saturated carbocycles. The van der Waals surface area contributed by atoms with Crippen molar-refractivity contribution in [1.82, 2.24) is 9.97 Å². The number of ether oxygens (including phenoxy) is 3. The molecule has 1 aliphatic heterocycles. The van der Waals surface area contributed by atoms with Gasteiger partial charge < -0.3 is 24.4 Å². The van der Waals surface area contributed by atoms with E-state index in [0.29, 0.717) is 44.4 Å². The third-order valence-corrected chi connectivity index (χ3v) is 4.17. The van der Waals surface area contributed by atoms with Crippen molar-refractivity contribution >= 4 is 29.3 Å². The molecule has 0 aliphatic carbocycles. The summed E-state index contributed by atoms with van der Waals surface area (Å²) >= 11 is 0. The molecule has 162 valence electrons. The molecule has 0 radical (unpaired) electrons. The number of nitrogens with one attached hydrogen (secondary N) is 3. The molecule has 1 aromatic heterocycles. The minimum atomic E-state index is -0.428. The highest BCUT2D eigenvalue weighted by molar-refractivity contribution is 5.87. The van der Waals surface area contributed by atoms with Crippen molar-refractivity contribution in [2.75, 3.05) is 48.6 Å². The highest BCUT2D eigenvalue weighted by atomic mass is 16.7. The first kappa shape index (κ1) is 22.6. The maximum atomic E-state index is 12.3. The number of hydrogen-bond donors (Lipinski definition) is 3. The molecular formula is C18H29N5O6. The lowest BCUT2D eigenvalue weighted by molar-refractivity contribution is -0.154. The van der Waals surface area contributed by atoms with Crippen LogP contribution >= 0.6 is 0 Å². The van der Waals surface area contributed by atoms with Gasteiger partial charge in [0.15, 0.2) is 12.1 Å². The maximum Gasteiger partial charge on any atom is 0.302 e. The zero-order valence-electron chi connectivity index (χ0n) is 17.2. The van der Waals surface area contributed by atoms with E-state index in [2.05, 4.69) is 20.6 Å². The molecule has 2 heterocycles. The highest BCUT2D eigenvalue weighted by Gasteiger charge is 2.28. The fourth-order valence-electron chi connectivity index (χ4n) is 3.05. The number of rotatable bonds is 11. The van der Waals surface area contributed by atoms with Crippen LogP contribution in [0.5, 0.6) is 0 Å². The van der Waals surface area contributed by atoms with Crippen molar-refractivity contribution in [3.8, 4) is 0 Å². The number of carbonyl (C=O) groups excluding carboxylic acids is 2. The summed E-state index contributed by atoms with van der Waals surface area (Å²) in [4.78, 5) is 43.6. The summed E-state index contributed by atoms with van der Waals surface area (Å²) in [6.07, 6.45) is 0.0744. The van der Waals surface area contributed by atoms with Crippen molar-refractivity contribution in [3.63, 3.8) is 0 Å². The van der Waals surface area contributed by atoms with E-state index >= 15 is 0 Å². The molecule has 0 aromatic carbocycles. The number of H-pyrrole nitrogens is 1. The summed E-state index contributed by atoms with van der Waals surface area (Å²) in [5.74, 6) is -0.334. The van der Waals surface area contributed by atoms with Crippen molar-refractivity contribution in [2.45, 2.75) is 40.4 Å². The van der Waals surface area contributed by atoms with Crippen LogP contribution in [-0.2, 0) is 23.8 Å². The second kappa shape index (κ2) is 10.8. The average Bonchev–Trinajstić information content (AvgIpc) is 3.03. The van der Waals surface area contributed by atoms with Gasteiger partial charge in [-0.2, -0.15) is 4.98 Å². The maximum absolute atomic E-state index is 12.3. The van der Waals surface area contributed by atoms with E-state index in [0.717, 1.165) is 0 Å². The molecule has 3 N–H and O–H groups in total. The smallest absolute Gasteiger partial charge is 0.302 e. The van der Waals surface area contributed by atoms with E-state index in [-0.39, 0.29) is 35.9 Å². The summed E-state index contributed by atoms with van der Waals surface area (Å²) in [6.45, 7) is 8.43. The van der Waals surface area contributed by atoms with Gasteiger partial charge in [-0.05, 0) is 13.8 Å². The molecule has 11 heteroatoms. The predicted octanol–water partition coefficient (Wildman–Crippen LogP) is 0.886. The highest BCUT2D eigenvalue weighted by Crippen LogP contribution is 2.28. The number of aromatic amines is 1. The van der Waals surface area contributed by atoms with Crippen molar-refractivity contribution in [1.29, 1.82) is 0 Å². The largest absolute Gasteiger partial charge is 0.466 e. The fourth-order valence-corrected chi connectivity index (χ4v) is 3.05. The third kappa shape index (κ3) is 6.71. The molecule has 1 aliphatic rings. The van der Waals surface area contributed by atoms with Crippen LogP contribution in [0.4, 0.5) is 17.5 Å². The van der Waals surface area contributed by atoms with Crippen LogP contribution in [0.1, 0.15) is 34.1 Å². The molecule has 11 nitrogen and oxygen atoms in total. The Balaban J connectivity index is 2.18. The third-order valence-electron chi connectivity index (χ3n) is 4.17. The van der Waals surface area contributed by atoms with Crippen molar-refractivity contribution in [2.24, 2.45) is 5.92 Å². The Kier molecular flexibility index (Phi) is 8.40. The average molecular weight is 411 g/mol. The quantitative estimate of drug-likeness (QED) is 0.358. The number of esters is 1. The zero-order valence-corrected chi connectivity index (χ0v) is 17.2. The van der Waals surface area contributed by atoms with Gasteiger partial charge in [-0.3, -0.25) is 24.7 Å². The van der Waals surface area contributed by atoms with Crippen LogP contribution in [0.25, 0.3) is 0 Å². The first-order valence-electron chi connectivity index (χ1n) is 9.61. The van der Waals surface area contributed by atoms with Crippen LogP contribution < -0.4 is 21.1 Å². The first-order chi connectivity index (χ1) is 13.8. The van der Waals surface area contributed by atoms with Gasteiger partial charge in [-0.25, -0.2) is 0 Å². The number of aromatic nitrogens is 2. The van der Waals surface area contributed by atoms with Crippen LogP contribution in [0, 0.1) is 5.92 Å². The van der Waals surface area contributed by atoms with Gasteiger partial charge >= 0.3 is 5.97 Å². The Labute approximate surface area is 169 Å². The summed E-state index contributed by atoms with van der Waals surface area (Å²) in [5, 5.41) is 5.50. The Bertz CT molecular complexity index is 762. The Hall–Kier alpha value is -2.66. The minimum Gasteiger partial charge on any atom is -0.466 e. The lowest BCUT2D eigenvalue weighted by atomic mass is 10.1. The number of fused-ring (bicyclic) bond motifs is 1. The van der Waals surface area contributed by atoms with Crippen LogP contribution in [0.2, 0.25) is 0 Å². The summed E-state index contributed by atoms with van der Waals surface area (Å²) in [6, 6.07) is 0. The van der Waals surface area contributed by atoms with Gasteiger partial charge in [0.1, 0.15) is 5.69 Å². The SMILES string of the molecule is CCOC(CC(COC(C)=O)CN1CNc2c1nc(NC(C)=O)[nH]c2=O)OCC. The summed E-state index contributed by atoms with van der Waals surface area (Å²) in [5.41, 5.74) is -0.0456. The van der Waals surface area contributed by atoms with Gasteiger partial charge in [0.2, 0.25) is 11.9 Å². The number of anilines is 3. The summed E-state index contributed by atoms with van der Waals surface area (Å²) in [7, 11) is 0. The lowest BCUT2D eigenvalue weighted by Gasteiger charge is -2.27.